The summed E-state index contributed by atoms with van der Waals surface area (Å²) in [4.78, 5) is 9.40. The number of carboxylic acid groups (broad SMARTS) is 1. The van der Waals surface area contributed by atoms with Crippen molar-refractivity contribution in [2.75, 3.05) is 13.2 Å². The van der Waals surface area contributed by atoms with Gasteiger partial charge in [0.2, 0.25) is 0 Å². The molecular weight excluding hydrogens is 107 g/mol. The van der Waals surface area contributed by atoms with Crippen molar-refractivity contribution in [2.24, 2.45) is 0 Å². The number of hydrogen-bond acceptors (Lipinski definition) is 3. The molecule has 4 nitrogen and oxygen atoms in total. The summed E-state index contributed by atoms with van der Waals surface area (Å²) < 4.78 is 3.80. The molecule has 5 heteroatoms. The molecule has 0 rings (SSSR count). The molecule has 42 valence electrons. The molecule has 0 radical (unpaired) electrons. The van der Waals surface area contributed by atoms with Crippen LogP contribution in [0.1, 0.15) is 0 Å². The van der Waals surface area contributed by atoms with Crippen LogP contribution < -0.4 is 24.0 Å². The van der Waals surface area contributed by atoms with Gasteiger partial charge in [0.05, 0.1) is 6.61 Å². The van der Waals surface area contributed by atoms with Gasteiger partial charge in [0, 0.05) is 0 Å². The molecule has 0 atom stereocenters. The van der Waals surface area contributed by atoms with Crippen molar-refractivity contribution in [2.45, 2.75) is 0 Å². The predicted molar refractivity (Wildman–Crippen MR) is 18.8 cm³/mol. The van der Waals surface area contributed by atoms with Crippen molar-refractivity contribution in [1.29, 1.82) is 0 Å². The Morgan fingerprint density at radius 3 is 2.38 bits per heavy atom. The van der Waals surface area contributed by atoms with E-state index in [1.165, 1.54) is 0 Å². The summed E-state index contributed by atoms with van der Waals surface area (Å²) in [6, 6.07) is 0. The van der Waals surface area contributed by atoms with Gasteiger partial charge in [-0.25, -0.2) is 4.79 Å². The second-order valence-electron chi connectivity index (χ2n) is 0.818. The Morgan fingerprint density at radius 1 is 1.75 bits per heavy atom. The van der Waals surface area contributed by atoms with Crippen LogP contribution in [0.3, 0.4) is 0 Å². The molecule has 0 aliphatic heterocycles. The first-order chi connectivity index (χ1) is 3.27. The number of hydrogen-bond donors (Lipinski definition) is 1. The zero-order valence-electron chi connectivity index (χ0n) is 4.59. The second kappa shape index (κ2) is 6.83. The average molecular weight is 112 g/mol. The van der Waals surface area contributed by atoms with E-state index in [1.807, 2.05) is 0 Å². The number of rotatable bonds is 2. The molecular formula is C3H5LiO4. The van der Waals surface area contributed by atoms with Crippen LogP contribution in [0, 0.1) is 0 Å². The molecule has 1 N–H and O–H groups in total. The van der Waals surface area contributed by atoms with Crippen LogP contribution in [-0.2, 0) is 4.74 Å². The summed E-state index contributed by atoms with van der Waals surface area (Å²) in [6.07, 6.45) is -1.39. The monoisotopic (exact) mass is 112 g/mol. The van der Waals surface area contributed by atoms with Crippen molar-refractivity contribution in [3.05, 3.63) is 0 Å². The van der Waals surface area contributed by atoms with Crippen molar-refractivity contribution in [1.82, 2.24) is 0 Å². The molecule has 0 aliphatic carbocycles. The van der Waals surface area contributed by atoms with Crippen molar-refractivity contribution in [3.63, 3.8) is 0 Å². The molecule has 0 aromatic carbocycles. The van der Waals surface area contributed by atoms with E-state index < -0.39 is 12.8 Å². The fourth-order valence-electron chi connectivity index (χ4n) is 0.129. The Kier molecular flexibility index (Phi) is 9.17. The Labute approximate surface area is 58.6 Å². The molecule has 0 fully saturated rings. The summed E-state index contributed by atoms with van der Waals surface area (Å²) in [6.45, 7) is -0.762. The second-order valence-corrected chi connectivity index (χ2v) is 0.818. The minimum absolute atomic E-state index is 0. The fraction of sp³-hybridized carbons (Fsp3) is 0.667. The maximum absolute atomic E-state index is 9.45. The Hall–Kier alpha value is -0.173. The molecule has 0 bridgehead atoms. The minimum atomic E-state index is -1.39. The molecule has 0 amide bonds. The van der Waals surface area contributed by atoms with Gasteiger partial charge in [-0.1, -0.05) is 0 Å². The van der Waals surface area contributed by atoms with Crippen LogP contribution in [0.5, 0.6) is 0 Å². The van der Waals surface area contributed by atoms with Crippen molar-refractivity contribution in [3.8, 4) is 0 Å². The first kappa shape index (κ1) is 10.7. The van der Waals surface area contributed by atoms with Gasteiger partial charge in [-0.2, -0.15) is 0 Å². The van der Waals surface area contributed by atoms with E-state index >= 15 is 0 Å². The first-order valence-corrected chi connectivity index (χ1v) is 1.71. The third kappa shape index (κ3) is 9.27. The zero-order valence-corrected chi connectivity index (χ0v) is 4.59. The quantitative estimate of drug-likeness (QED) is 0.292. The molecule has 0 aromatic rings. The summed E-state index contributed by atoms with van der Waals surface area (Å²) in [5.41, 5.74) is 0. The van der Waals surface area contributed by atoms with Gasteiger partial charge < -0.3 is 14.9 Å². The van der Waals surface area contributed by atoms with Gasteiger partial charge in [-0.3, -0.25) is 0 Å². The van der Waals surface area contributed by atoms with E-state index in [1.54, 1.807) is 0 Å². The van der Waals surface area contributed by atoms with E-state index in [0.717, 1.165) is 0 Å². The van der Waals surface area contributed by atoms with Gasteiger partial charge >= 0.3 is 25.0 Å². The largest absolute Gasteiger partial charge is 1.00 e. The summed E-state index contributed by atoms with van der Waals surface area (Å²) in [5, 5.41) is 17.1. The zero-order chi connectivity index (χ0) is 5.70. The minimum Gasteiger partial charge on any atom is -0.852 e. The average Bonchev–Trinajstić information content (AvgIpc) is 1.61. The number of carbonyl (C=O) groups is 1. The standard InChI is InChI=1S/C3H5O4.Li/c4-1-2-7-3(5)6;/h1-2H2,(H,5,6);/q-1;+1. The van der Waals surface area contributed by atoms with Crippen LogP contribution >= 0.6 is 0 Å². The van der Waals surface area contributed by atoms with Crippen LogP contribution in [0.15, 0.2) is 0 Å². The molecule has 8 heavy (non-hydrogen) atoms. The fourth-order valence-corrected chi connectivity index (χ4v) is 0.129. The molecule has 0 unspecified atom stereocenters. The van der Waals surface area contributed by atoms with E-state index in [-0.39, 0.29) is 25.5 Å². The normalized spacial score (nSPS) is 7.12. The third-order valence-corrected chi connectivity index (χ3v) is 0.309. The van der Waals surface area contributed by atoms with Crippen LogP contribution in [0.25, 0.3) is 0 Å². The van der Waals surface area contributed by atoms with Crippen molar-refractivity contribution >= 4 is 6.16 Å². The molecule has 0 heterocycles. The number of ether oxygens (including phenoxy) is 1. The maximum atomic E-state index is 9.45. The molecule has 0 saturated carbocycles. The van der Waals surface area contributed by atoms with Crippen LogP contribution in [-0.4, -0.2) is 24.5 Å². The maximum Gasteiger partial charge on any atom is 1.00 e. The molecule has 0 saturated heterocycles. The third-order valence-electron chi connectivity index (χ3n) is 0.309. The van der Waals surface area contributed by atoms with Crippen molar-refractivity contribution < 1.29 is 38.6 Å². The summed E-state index contributed by atoms with van der Waals surface area (Å²) >= 11 is 0. The molecule has 0 spiro atoms. The first-order valence-electron chi connectivity index (χ1n) is 1.71. The Bertz CT molecular complexity index is 64.3. The van der Waals surface area contributed by atoms with E-state index in [0.29, 0.717) is 0 Å². The summed E-state index contributed by atoms with van der Waals surface area (Å²) in [7, 11) is 0. The molecule has 0 aromatic heterocycles. The van der Waals surface area contributed by atoms with Crippen LogP contribution in [0.4, 0.5) is 4.79 Å². The van der Waals surface area contributed by atoms with Gasteiger partial charge in [0.25, 0.3) is 0 Å². The van der Waals surface area contributed by atoms with Gasteiger partial charge in [0.15, 0.2) is 0 Å². The Balaban J connectivity index is 0. The SMILES string of the molecule is O=C(O)OCC[O-].[Li+]. The topological polar surface area (TPSA) is 69.6 Å². The van der Waals surface area contributed by atoms with Crippen LogP contribution in [0.2, 0.25) is 0 Å². The van der Waals surface area contributed by atoms with Gasteiger partial charge in [0.1, 0.15) is 0 Å². The molecule has 0 aliphatic rings. The smallest absolute Gasteiger partial charge is 0.852 e. The summed E-state index contributed by atoms with van der Waals surface area (Å²) in [5.74, 6) is 0. The predicted octanol–water partition coefficient (Wildman–Crippen LogP) is -3.95. The van der Waals surface area contributed by atoms with E-state index in [2.05, 4.69) is 4.74 Å². The van der Waals surface area contributed by atoms with E-state index in [9.17, 15) is 9.90 Å². The van der Waals surface area contributed by atoms with Gasteiger partial charge in [-0.05, 0) is 0 Å². The Morgan fingerprint density at radius 2 is 2.25 bits per heavy atom. The van der Waals surface area contributed by atoms with Gasteiger partial charge in [-0.15, -0.1) is 6.61 Å². The van der Waals surface area contributed by atoms with E-state index in [4.69, 9.17) is 5.11 Å².